The van der Waals surface area contributed by atoms with Crippen molar-refractivity contribution in [3.05, 3.63) is 70.2 Å². The van der Waals surface area contributed by atoms with Crippen molar-refractivity contribution in [2.45, 2.75) is 32.9 Å². The molecular formula is C23H28ClN3O2. The minimum atomic E-state index is -0.240. The second-order valence-corrected chi connectivity index (χ2v) is 8.01. The number of carbonyl (C=O) groups excluding carboxylic acids is 2. The second kappa shape index (κ2) is 9.90. The van der Waals surface area contributed by atoms with Crippen molar-refractivity contribution in [3.63, 3.8) is 0 Å². The van der Waals surface area contributed by atoms with Crippen molar-refractivity contribution in [2.24, 2.45) is 0 Å². The first-order valence-corrected chi connectivity index (χ1v) is 10.4. The van der Waals surface area contributed by atoms with E-state index in [1.807, 2.05) is 67.3 Å². The topological polar surface area (TPSA) is 52.7 Å². The summed E-state index contributed by atoms with van der Waals surface area (Å²) >= 11 is 5.90. The molecule has 1 atom stereocenters. The highest BCUT2D eigenvalue weighted by atomic mass is 35.5. The summed E-state index contributed by atoms with van der Waals surface area (Å²) in [5.41, 5.74) is 2.83. The summed E-state index contributed by atoms with van der Waals surface area (Å²) in [5, 5.41) is 3.68. The molecule has 1 unspecified atom stereocenters. The number of rotatable bonds is 5. The highest BCUT2D eigenvalue weighted by molar-refractivity contribution is 6.30. The predicted molar refractivity (Wildman–Crippen MR) is 116 cm³/mol. The summed E-state index contributed by atoms with van der Waals surface area (Å²) in [5.74, 6) is 0.0637. The minimum Gasteiger partial charge on any atom is -0.351 e. The number of carbonyl (C=O) groups is 2. The molecule has 0 radical (unpaired) electrons. The van der Waals surface area contributed by atoms with Crippen LogP contribution in [-0.2, 0) is 11.3 Å². The van der Waals surface area contributed by atoms with E-state index in [9.17, 15) is 9.59 Å². The lowest BCUT2D eigenvalue weighted by atomic mass is 10.1. The summed E-state index contributed by atoms with van der Waals surface area (Å²) in [6, 6.07) is 14.9. The number of nitrogens with zero attached hydrogens (tertiary/aromatic N) is 2. The van der Waals surface area contributed by atoms with Gasteiger partial charge < -0.3 is 10.2 Å². The number of nitrogens with one attached hydrogen (secondary N) is 1. The molecule has 2 aromatic carbocycles. The maximum Gasteiger partial charge on any atom is 0.253 e. The first-order valence-electron chi connectivity index (χ1n) is 10.1. The molecular weight excluding hydrogens is 386 g/mol. The average molecular weight is 414 g/mol. The third-order valence-electron chi connectivity index (χ3n) is 5.39. The van der Waals surface area contributed by atoms with E-state index >= 15 is 0 Å². The van der Waals surface area contributed by atoms with Crippen LogP contribution in [-0.4, -0.2) is 53.8 Å². The summed E-state index contributed by atoms with van der Waals surface area (Å²) in [4.78, 5) is 29.5. The van der Waals surface area contributed by atoms with Crippen LogP contribution in [0.3, 0.4) is 0 Å². The van der Waals surface area contributed by atoms with E-state index in [4.69, 9.17) is 11.6 Å². The molecule has 3 rings (SSSR count). The van der Waals surface area contributed by atoms with Gasteiger partial charge in [-0.1, -0.05) is 41.4 Å². The third-order valence-corrected chi connectivity index (χ3v) is 5.64. The zero-order valence-electron chi connectivity index (χ0n) is 17.0. The molecule has 2 amide bonds. The van der Waals surface area contributed by atoms with Gasteiger partial charge in [0.2, 0.25) is 5.91 Å². The standard InChI is InChI=1S/C23H28ClN3O2/c1-17-5-3-6-20(15-17)23(29)27-12-4-11-26(13-14-27)18(2)22(28)25-16-19-7-9-21(24)10-8-19/h3,5-10,15,18H,4,11-14,16H2,1-2H3,(H,25,28). The molecule has 0 spiro atoms. The SMILES string of the molecule is Cc1cccc(C(=O)N2CCCN(C(C)C(=O)NCc3ccc(Cl)cc3)CC2)c1. The molecule has 1 fully saturated rings. The van der Waals surface area contributed by atoms with Crippen LogP contribution in [0.15, 0.2) is 48.5 Å². The Hall–Kier alpha value is -2.37. The van der Waals surface area contributed by atoms with Crippen molar-refractivity contribution >= 4 is 23.4 Å². The Morgan fingerprint density at radius 1 is 1.07 bits per heavy atom. The van der Waals surface area contributed by atoms with E-state index in [0.29, 0.717) is 31.2 Å². The zero-order valence-corrected chi connectivity index (χ0v) is 17.8. The molecule has 1 saturated heterocycles. The molecule has 0 aromatic heterocycles. The van der Waals surface area contributed by atoms with Crippen LogP contribution in [0.5, 0.6) is 0 Å². The summed E-state index contributed by atoms with van der Waals surface area (Å²) in [7, 11) is 0. The summed E-state index contributed by atoms with van der Waals surface area (Å²) < 4.78 is 0. The largest absolute Gasteiger partial charge is 0.351 e. The van der Waals surface area contributed by atoms with Gasteiger partial charge in [0, 0.05) is 43.3 Å². The molecule has 1 aliphatic rings. The number of hydrogen-bond acceptors (Lipinski definition) is 3. The first-order chi connectivity index (χ1) is 13.9. The molecule has 0 saturated carbocycles. The molecule has 5 nitrogen and oxygen atoms in total. The Balaban J connectivity index is 1.53. The zero-order chi connectivity index (χ0) is 20.8. The minimum absolute atomic E-state index is 0.00147. The quantitative estimate of drug-likeness (QED) is 0.816. The monoisotopic (exact) mass is 413 g/mol. The van der Waals surface area contributed by atoms with Crippen molar-refractivity contribution in [1.82, 2.24) is 15.1 Å². The number of benzene rings is 2. The van der Waals surface area contributed by atoms with Gasteiger partial charge in [-0.25, -0.2) is 0 Å². The van der Waals surface area contributed by atoms with Crippen LogP contribution in [0.2, 0.25) is 5.02 Å². The van der Waals surface area contributed by atoms with Gasteiger partial charge in [-0.3, -0.25) is 14.5 Å². The van der Waals surface area contributed by atoms with E-state index < -0.39 is 0 Å². The van der Waals surface area contributed by atoms with Gasteiger partial charge in [0.15, 0.2) is 0 Å². The van der Waals surface area contributed by atoms with Gasteiger partial charge in [-0.15, -0.1) is 0 Å². The summed E-state index contributed by atoms with van der Waals surface area (Å²) in [6.45, 7) is 7.22. The van der Waals surface area contributed by atoms with E-state index in [1.54, 1.807) is 0 Å². The number of halogens is 1. The Morgan fingerprint density at radius 2 is 1.83 bits per heavy atom. The van der Waals surface area contributed by atoms with E-state index in [1.165, 1.54) is 0 Å². The molecule has 1 N–H and O–H groups in total. The molecule has 2 aromatic rings. The fourth-order valence-corrected chi connectivity index (χ4v) is 3.72. The second-order valence-electron chi connectivity index (χ2n) is 7.57. The van der Waals surface area contributed by atoms with Crippen molar-refractivity contribution in [2.75, 3.05) is 26.2 Å². The Labute approximate surface area is 177 Å². The maximum absolute atomic E-state index is 12.8. The van der Waals surface area contributed by atoms with E-state index in [-0.39, 0.29) is 17.9 Å². The van der Waals surface area contributed by atoms with Crippen LogP contribution in [0.25, 0.3) is 0 Å². The highest BCUT2D eigenvalue weighted by Gasteiger charge is 2.26. The van der Waals surface area contributed by atoms with E-state index in [0.717, 1.165) is 29.7 Å². The van der Waals surface area contributed by atoms with Crippen LogP contribution >= 0.6 is 11.6 Å². The Bertz CT molecular complexity index is 853. The highest BCUT2D eigenvalue weighted by Crippen LogP contribution is 2.13. The van der Waals surface area contributed by atoms with E-state index in [2.05, 4.69) is 10.2 Å². The van der Waals surface area contributed by atoms with Gasteiger partial charge in [-0.05, 0) is 50.1 Å². The number of aryl methyl sites for hydroxylation is 1. The fraction of sp³-hybridized carbons (Fsp3) is 0.391. The van der Waals surface area contributed by atoms with Crippen LogP contribution in [0, 0.1) is 6.92 Å². The van der Waals surface area contributed by atoms with Crippen molar-refractivity contribution in [1.29, 1.82) is 0 Å². The number of amides is 2. The molecule has 29 heavy (non-hydrogen) atoms. The third kappa shape index (κ3) is 5.81. The molecule has 154 valence electrons. The Kier molecular flexibility index (Phi) is 7.29. The average Bonchev–Trinajstić information content (AvgIpc) is 2.98. The van der Waals surface area contributed by atoms with Crippen molar-refractivity contribution < 1.29 is 9.59 Å². The van der Waals surface area contributed by atoms with Crippen LogP contribution in [0.1, 0.15) is 34.8 Å². The smallest absolute Gasteiger partial charge is 0.253 e. The lowest BCUT2D eigenvalue weighted by molar-refractivity contribution is -0.126. The van der Waals surface area contributed by atoms with Gasteiger partial charge in [0.1, 0.15) is 0 Å². The fourth-order valence-electron chi connectivity index (χ4n) is 3.59. The number of hydrogen-bond donors (Lipinski definition) is 1. The maximum atomic E-state index is 12.8. The molecule has 6 heteroatoms. The van der Waals surface area contributed by atoms with Gasteiger partial charge in [0.05, 0.1) is 6.04 Å². The lowest BCUT2D eigenvalue weighted by Gasteiger charge is -2.27. The lowest BCUT2D eigenvalue weighted by Crippen LogP contribution is -2.46. The summed E-state index contributed by atoms with van der Waals surface area (Å²) in [6.07, 6.45) is 0.854. The molecule has 0 bridgehead atoms. The van der Waals surface area contributed by atoms with Gasteiger partial charge in [0.25, 0.3) is 5.91 Å². The first kappa shape index (κ1) is 21.3. The predicted octanol–water partition coefficient (Wildman–Crippen LogP) is 3.50. The molecule has 1 aliphatic heterocycles. The van der Waals surface area contributed by atoms with Gasteiger partial charge >= 0.3 is 0 Å². The van der Waals surface area contributed by atoms with Crippen LogP contribution < -0.4 is 5.32 Å². The van der Waals surface area contributed by atoms with Crippen LogP contribution in [0.4, 0.5) is 0 Å². The normalized spacial score (nSPS) is 16.2. The molecule has 0 aliphatic carbocycles. The Morgan fingerprint density at radius 3 is 2.55 bits per heavy atom. The van der Waals surface area contributed by atoms with Crippen molar-refractivity contribution in [3.8, 4) is 0 Å². The molecule has 1 heterocycles. The van der Waals surface area contributed by atoms with Gasteiger partial charge in [-0.2, -0.15) is 0 Å².